The van der Waals surface area contributed by atoms with Gasteiger partial charge in [-0.1, -0.05) is 62.7 Å². The van der Waals surface area contributed by atoms with Gasteiger partial charge in [-0.15, -0.1) is 12.4 Å². The highest BCUT2D eigenvalue weighted by molar-refractivity contribution is 5.85. The van der Waals surface area contributed by atoms with Crippen molar-refractivity contribution in [2.24, 2.45) is 5.41 Å². The van der Waals surface area contributed by atoms with Crippen LogP contribution in [0.1, 0.15) is 57.7 Å². The fourth-order valence-electron chi connectivity index (χ4n) is 3.59. The molecule has 0 amide bonds. The zero-order valence-electron chi connectivity index (χ0n) is 18.4. The maximum absolute atomic E-state index is 6.19. The van der Waals surface area contributed by atoms with E-state index in [9.17, 15) is 0 Å². The normalized spacial score (nSPS) is 11.7. The average molecular weight is 406 g/mol. The summed E-state index contributed by atoms with van der Waals surface area (Å²) >= 11 is 0. The predicted octanol–water partition coefficient (Wildman–Crippen LogP) is 6.31. The van der Waals surface area contributed by atoms with Gasteiger partial charge in [0.1, 0.15) is 6.61 Å². The molecule has 0 aromatic heterocycles. The van der Waals surface area contributed by atoms with Crippen LogP contribution in [0.15, 0.2) is 42.5 Å². The second-order valence-electron chi connectivity index (χ2n) is 9.20. The molecule has 2 aromatic carbocycles. The molecular weight excluding hydrogens is 370 g/mol. The van der Waals surface area contributed by atoms with Crippen LogP contribution in [0.2, 0.25) is 0 Å². The van der Waals surface area contributed by atoms with Crippen molar-refractivity contribution in [3.8, 4) is 11.5 Å². The van der Waals surface area contributed by atoms with Gasteiger partial charge in [-0.25, -0.2) is 0 Å². The van der Waals surface area contributed by atoms with E-state index in [0.29, 0.717) is 6.61 Å². The smallest absolute Gasteiger partial charge is 0.166 e. The van der Waals surface area contributed by atoms with E-state index < -0.39 is 0 Å². The van der Waals surface area contributed by atoms with E-state index in [-0.39, 0.29) is 23.4 Å². The van der Waals surface area contributed by atoms with Gasteiger partial charge >= 0.3 is 0 Å². The van der Waals surface area contributed by atoms with Gasteiger partial charge in [-0.3, -0.25) is 0 Å². The summed E-state index contributed by atoms with van der Waals surface area (Å²) in [6.45, 7) is 14.7. The van der Waals surface area contributed by atoms with Crippen LogP contribution in [-0.4, -0.2) is 12.6 Å². The Morgan fingerprint density at radius 1 is 0.929 bits per heavy atom. The third kappa shape index (κ3) is 7.73. The lowest BCUT2D eigenvalue weighted by Gasteiger charge is -2.33. The second-order valence-corrected chi connectivity index (χ2v) is 9.20. The van der Waals surface area contributed by atoms with Crippen LogP contribution in [0, 0.1) is 12.3 Å². The number of para-hydroxylation sites is 1. The molecule has 0 fully saturated rings. The van der Waals surface area contributed by atoms with E-state index in [1.54, 1.807) is 7.11 Å². The molecule has 0 heterocycles. The Labute approximate surface area is 177 Å². The van der Waals surface area contributed by atoms with E-state index in [1.165, 1.54) is 5.56 Å². The van der Waals surface area contributed by atoms with Gasteiger partial charge in [-0.05, 0) is 44.2 Å². The second kappa shape index (κ2) is 10.2. The molecule has 28 heavy (non-hydrogen) atoms. The van der Waals surface area contributed by atoms with Crippen molar-refractivity contribution in [1.82, 2.24) is 5.32 Å². The Hall–Kier alpha value is -1.71. The highest BCUT2D eigenvalue weighted by atomic mass is 35.5. The molecule has 0 unspecified atom stereocenters. The Morgan fingerprint density at radius 3 is 2.14 bits per heavy atom. The Morgan fingerprint density at radius 2 is 1.57 bits per heavy atom. The Bertz CT molecular complexity index is 733. The summed E-state index contributed by atoms with van der Waals surface area (Å²) in [5.74, 6) is 1.59. The van der Waals surface area contributed by atoms with E-state index in [2.05, 4.69) is 77.2 Å². The first-order valence-electron chi connectivity index (χ1n) is 9.69. The average Bonchev–Trinajstić information content (AvgIpc) is 2.57. The first kappa shape index (κ1) is 24.3. The molecule has 0 aliphatic carbocycles. The minimum Gasteiger partial charge on any atom is -0.493 e. The van der Waals surface area contributed by atoms with Gasteiger partial charge in [0, 0.05) is 17.6 Å². The number of nitrogens with one attached hydrogen (secondary N) is 1. The number of rotatable bonds is 8. The molecular formula is C24H36ClNO2. The summed E-state index contributed by atoms with van der Waals surface area (Å²) in [6, 6.07) is 14.5. The molecule has 0 saturated carbocycles. The molecule has 0 aliphatic heterocycles. The van der Waals surface area contributed by atoms with Crippen LogP contribution < -0.4 is 14.8 Å². The monoisotopic (exact) mass is 405 g/mol. The first-order chi connectivity index (χ1) is 12.6. The summed E-state index contributed by atoms with van der Waals surface area (Å²) in [5.41, 5.74) is 3.83. The van der Waals surface area contributed by atoms with Gasteiger partial charge in [0.2, 0.25) is 0 Å². The van der Waals surface area contributed by atoms with Crippen molar-refractivity contribution in [2.75, 3.05) is 7.11 Å². The summed E-state index contributed by atoms with van der Waals surface area (Å²) in [4.78, 5) is 0. The molecule has 0 aliphatic rings. The van der Waals surface area contributed by atoms with Gasteiger partial charge in [-0.2, -0.15) is 0 Å². The minimum atomic E-state index is 0. The third-order valence-electron chi connectivity index (χ3n) is 4.51. The van der Waals surface area contributed by atoms with Crippen LogP contribution in [0.5, 0.6) is 11.5 Å². The molecule has 0 saturated heterocycles. The minimum absolute atomic E-state index is 0. The van der Waals surface area contributed by atoms with Crippen molar-refractivity contribution in [2.45, 2.75) is 66.7 Å². The third-order valence-corrected chi connectivity index (χ3v) is 4.51. The fourth-order valence-corrected chi connectivity index (χ4v) is 3.59. The van der Waals surface area contributed by atoms with Crippen molar-refractivity contribution < 1.29 is 9.47 Å². The van der Waals surface area contributed by atoms with Crippen molar-refractivity contribution in [3.63, 3.8) is 0 Å². The molecule has 0 atom stereocenters. The van der Waals surface area contributed by atoms with Crippen LogP contribution in [0.3, 0.4) is 0 Å². The summed E-state index contributed by atoms with van der Waals surface area (Å²) in [6.07, 6.45) is 1.09. The van der Waals surface area contributed by atoms with E-state index in [1.807, 2.05) is 12.1 Å². The van der Waals surface area contributed by atoms with Crippen LogP contribution in [0.25, 0.3) is 0 Å². The number of hydrogen-bond acceptors (Lipinski definition) is 3. The Balaban J connectivity index is 0.00000392. The SMILES string of the molecule is COc1cccc(CNC(C)(C)CC(C)(C)C)c1OCc1ccc(C)cc1.Cl. The van der Waals surface area contributed by atoms with Crippen molar-refractivity contribution in [1.29, 1.82) is 0 Å². The maximum Gasteiger partial charge on any atom is 0.166 e. The number of ether oxygens (including phenoxy) is 2. The largest absolute Gasteiger partial charge is 0.493 e. The van der Waals surface area contributed by atoms with Crippen LogP contribution in [-0.2, 0) is 13.2 Å². The van der Waals surface area contributed by atoms with Crippen molar-refractivity contribution >= 4 is 12.4 Å². The number of aryl methyl sites for hydroxylation is 1. The van der Waals surface area contributed by atoms with Gasteiger partial charge in [0.05, 0.1) is 7.11 Å². The standard InChI is InChI=1S/C24H35NO2.ClH/c1-18-11-13-19(14-12-18)16-27-22-20(9-8-10-21(22)26-7)15-25-24(5,6)17-23(2,3)4;/h8-14,25H,15-17H2,1-7H3;1H. The van der Waals surface area contributed by atoms with Gasteiger partial charge in [0.15, 0.2) is 11.5 Å². The fraction of sp³-hybridized carbons (Fsp3) is 0.500. The molecule has 0 spiro atoms. The first-order valence-corrected chi connectivity index (χ1v) is 9.69. The number of halogens is 1. The topological polar surface area (TPSA) is 30.5 Å². The summed E-state index contributed by atoms with van der Waals surface area (Å²) in [5, 5.41) is 3.69. The zero-order chi connectivity index (χ0) is 20.1. The molecule has 2 aromatic rings. The quantitative estimate of drug-likeness (QED) is 0.558. The highest BCUT2D eigenvalue weighted by Crippen LogP contribution is 2.33. The lowest BCUT2D eigenvalue weighted by atomic mass is 9.82. The molecule has 0 radical (unpaired) electrons. The van der Waals surface area contributed by atoms with Crippen LogP contribution in [0.4, 0.5) is 0 Å². The molecule has 3 nitrogen and oxygen atoms in total. The number of benzene rings is 2. The predicted molar refractivity (Wildman–Crippen MR) is 121 cm³/mol. The van der Waals surface area contributed by atoms with E-state index in [4.69, 9.17) is 9.47 Å². The molecule has 1 N–H and O–H groups in total. The van der Waals surface area contributed by atoms with E-state index in [0.717, 1.165) is 35.6 Å². The summed E-state index contributed by atoms with van der Waals surface area (Å²) < 4.78 is 11.7. The van der Waals surface area contributed by atoms with E-state index >= 15 is 0 Å². The number of methoxy groups -OCH3 is 1. The summed E-state index contributed by atoms with van der Waals surface area (Å²) in [7, 11) is 1.69. The lowest BCUT2D eigenvalue weighted by molar-refractivity contribution is 0.237. The van der Waals surface area contributed by atoms with Crippen LogP contribution >= 0.6 is 12.4 Å². The zero-order valence-corrected chi connectivity index (χ0v) is 19.2. The van der Waals surface area contributed by atoms with Crippen molar-refractivity contribution in [3.05, 3.63) is 59.2 Å². The van der Waals surface area contributed by atoms with Gasteiger partial charge in [0.25, 0.3) is 0 Å². The maximum atomic E-state index is 6.19. The lowest BCUT2D eigenvalue weighted by Crippen LogP contribution is -2.41. The molecule has 0 bridgehead atoms. The highest BCUT2D eigenvalue weighted by Gasteiger charge is 2.25. The number of hydrogen-bond donors (Lipinski definition) is 1. The molecule has 2 rings (SSSR count). The Kier molecular flexibility index (Phi) is 8.84. The van der Waals surface area contributed by atoms with Gasteiger partial charge < -0.3 is 14.8 Å². The molecule has 156 valence electrons. The molecule has 4 heteroatoms.